The molecule has 2 aromatic heterocycles. The number of amides is 2. The maximum absolute atomic E-state index is 12.5. The summed E-state index contributed by atoms with van der Waals surface area (Å²) in [4.78, 5) is 37.4. The summed E-state index contributed by atoms with van der Waals surface area (Å²) in [5, 5.41) is 15.4. The van der Waals surface area contributed by atoms with Crippen molar-refractivity contribution in [3.05, 3.63) is 58.5 Å². The van der Waals surface area contributed by atoms with Gasteiger partial charge in [-0.2, -0.15) is 0 Å². The van der Waals surface area contributed by atoms with Gasteiger partial charge in [0, 0.05) is 30.1 Å². The van der Waals surface area contributed by atoms with Crippen LogP contribution in [0.3, 0.4) is 0 Å². The van der Waals surface area contributed by atoms with Crippen molar-refractivity contribution in [1.29, 1.82) is 0 Å². The van der Waals surface area contributed by atoms with E-state index in [0.717, 1.165) is 10.4 Å². The van der Waals surface area contributed by atoms with Gasteiger partial charge < -0.3 is 19.7 Å². The maximum Gasteiger partial charge on any atom is 0.324 e. The number of nitrogens with one attached hydrogen (secondary N) is 2. The van der Waals surface area contributed by atoms with Gasteiger partial charge in [0.2, 0.25) is 5.06 Å². The molecule has 0 bridgehead atoms. The van der Waals surface area contributed by atoms with Crippen molar-refractivity contribution in [2.24, 2.45) is 7.05 Å². The summed E-state index contributed by atoms with van der Waals surface area (Å²) < 4.78 is 6.62. The Labute approximate surface area is 176 Å². The minimum Gasteiger partial charge on any atom is -0.505 e. The number of pyridine rings is 1. The number of carbonyl (C=O) groups excluding carboxylic acids is 2. The third-order valence-electron chi connectivity index (χ3n) is 4.27. The van der Waals surface area contributed by atoms with E-state index in [2.05, 4.69) is 10.6 Å². The van der Waals surface area contributed by atoms with Crippen molar-refractivity contribution in [3.63, 3.8) is 0 Å². The van der Waals surface area contributed by atoms with E-state index in [1.165, 1.54) is 29.1 Å². The number of nitrogens with zero attached hydrogens (tertiary/aromatic N) is 1. The molecule has 1 aromatic carbocycles. The molecule has 0 aliphatic heterocycles. The second-order valence-electron chi connectivity index (χ2n) is 6.54. The summed E-state index contributed by atoms with van der Waals surface area (Å²) in [7, 11) is 1.52. The first-order valence-corrected chi connectivity index (χ1v) is 9.99. The van der Waals surface area contributed by atoms with Crippen LogP contribution in [0.1, 0.15) is 18.9 Å². The van der Waals surface area contributed by atoms with Crippen LogP contribution < -0.4 is 20.9 Å². The van der Waals surface area contributed by atoms with Gasteiger partial charge in [-0.05, 0) is 18.6 Å². The summed E-state index contributed by atoms with van der Waals surface area (Å²) in [6, 6.07) is 10.4. The fourth-order valence-electron chi connectivity index (χ4n) is 2.72. The van der Waals surface area contributed by atoms with Crippen LogP contribution in [0.25, 0.3) is 10.4 Å². The van der Waals surface area contributed by atoms with Crippen molar-refractivity contribution in [2.45, 2.75) is 20.3 Å². The van der Waals surface area contributed by atoms with Crippen molar-refractivity contribution in [2.75, 3.05) is 10.6 Å². The Morgan fingerprint density at radius 3 is 2.57 bits per heavy atom. The fraction of sp³-hybridized carbons (Fsp3) is 0.190. The van der Waals surface area contributed by atoms with E-state index < -0.39 is 17.6 Å². The average molecular weight is 427 g/mol. The lowest BCUT2D eigenvalue weighted by Gasteiger charge is -2.11. The van der Waals surface area contributed by atoms with E-state index in [0.29, 0.717) is 5.56 Å². The van der Waals surface area contributed by atoms with Crippen LogP contribution in [-0.2, 0) is 11.8 Å². The zero-order chi connectivity index (χ0) is 21.8. The molecule has 9 heteroatoms. The predicted molar refractivity (Wildman–Crippen MR) is 116 cm³/mol. The number of anilines is 2. The van der Waals surface area contributed by atoms with Gasteiger partial charge in [-0.3, -0.25) is 14.9 Å². The Hall–Kier alpha value is -3.59. The molecule has 0 aliphatic rings. The van der Waals surface area contributed by atoms with Crippen molar-refractivity contribution in [1.82, 2.24) is 4.57 Å². The third kappa shape index (κ3) is 4.52. The largest absolute Gasteiger partial charge is 0.505 e. The first-order valence-electron chi connectivity index (χ1n) is 9.17. The lowest BCUT2D eigenvalue weighted by atomic mass is 10.2. The molecule has 3 N–H and O–H groups in total. The number of hydrogen-bond donors (Lipinski definition) is 3. The standard InChI is InChI=1S/C21H21N3O5S/c1-4-16(25)29-20-14(10-15(30-20)13-8-6-5-7-9-13)22-21(28)23-17-18(26)12(2)11-24(3)19(17)27/h5-11,26H,4H2,1-3H3,(H2,22,23,28). The molecule has 2 amide bonds. The molecule has 30 heavy (non-hydrogen) atoms. The lowest BCUT2D eigenvalue weighted by molar-refractivity contribution is -0.133. The number of hydrogen-bond acceptors (Lipinski definition) is 6. The number of benzene rings is 1. The molecule has 0 radical (unpaired) electrons. The summed E-state index contributed by atoms with van der Waals surface area (Å²) in [6.45, 7) is 3.29. The number of esters is 1. The molecule has 0 saturated heterocycles. The monoisotopic (exact) mass is 427 g/mol. The predicted octanol–water partition coefficient (Wildman–Crippen LogP) is 4.09. The molecule has 2 heterocycles. The Balaban J connectivity index is 1.90. The van der Waals surface area contributed by atoms with E-state index in [4.69, 9.17) is 4.74 Å². The minimum absolute atomic E-state index is 0.178. The van der Waals surface area contributed by atoms with Gasteiger partial charge in [0.05, 0.1) is 5.69 Å². The molecule has 3 rings (SSSR count). The zero-order valence-corrected chi connectivity index (χ0v) is 17.5. The molecule has 0 spiro atoms. The quantitative estimate of drug-likeness (QED) is 0.532. The van der Waals surface area contributed by atoms with Crippen LogP contribution >= 0.6 is 11.3 Å². The van der Waals surface area contributed by atoms with E-state index in [-0.39, 0.29) is 28.6 Å². The number of aryl methyl sites for hydroxylation is 2. The van der Waals surface area contributed by atoms with E-state index >= 15 is 0 Å². The first kappa shape index (κ1) is 21.1. The van der Waals surface area contributed by atoms with Crippen LogP contribution in [0.15, 0.2) is 47.4 Å². The number of aromatic hydroxyl groups is 1. The maximum atomic E-state index is 12.5. The normalized spacial score (nSPS) is 10.5. The highest BCUT2D eigenvalue weighted by atomic mass is 32.1. The van der Waals surface area contributed by atoms with E-state index in [1.807, 2.05) is 30.3 Å². The van der Waals surface area contributed by atoms with Crippen molar-refractivity contribution >= 4 is 34.7 Å². The minimum atomic E-state index is -0.751. The van der Waals surface area contributed by atoms with Gasteiger partial charge in [-0.25, -0.2) is 4.79 Å². The lowest BCUT2D eigenvalue weighted by Crippen LogP contribution is -2.27. The molecular formula is C21H21N3O5S. The molecule has 0 aliphatic carbocycles. The van der Waals surface area contributed by atoms with Gasteiger partial charge in [0.15, 0.2) is 5.69 Å². The Morgan fingerprint density at radius 1 is 1.20 bits per heavy atom. The molecule has 156 valence electrons. The summed E-state index contributed by atoms with van der Waals surface area (Å²) >= 11 is 1.22. The Kier molecular flexibility index (Phi) is 6.22. The number of ether oxygens (including phenoxy) is 1. The summed E-state index contributed by atoms with van der Waals surface area (Å²) in [6.07, 6.45) is 1.64. The van der Waals surface area contributed by atoms with Gasteiger partial charge in [-0.15, -0.1) is 0 Å². The highest BCUT2D eigenvalue weighted by molar-refractivity contribution is 7.18. The zero-order valence-electron chi connectivity index (χ0n) is 16.7. The highest BCUT2D eigenvalue weighted by Gasteiger charge is 2.19. The Morgan fingerprint density at radius 2 is 1.90 bits per heavy atom. The van der Waals surface area contributed by atoms with Gasteiger partial charge in [-0.1, -0.05) is 48.6 Å². The SMILES string of the molecule is CCC(=O)Oc1sc(-c2ccccc2)cc1NC(=O)Nc1c(O)c(C)cn(C)c1=O. The van der Waals surface area contributed by atoms with Crippen molar-refractivity contribution < 1.29 is 19.4 Å². The number of rotatable bonds is 5. The van der Waals surface area contributed by atoms with Gasteiger partial charge in [0.1, 0.15) is 5.75 Å². The van der Waals surface area contributed by atoms with Crippen molar-refractivity contribution in [3.8, 4) is 21.3 Å². The number of thiophene rings is 1. The van der Waals surface area contributed by atoms with Crippen LogP contribution in [0, 0.1) is 6.92 Å². The molecule has 8 nitrogen and oxygen atoms in total. The number of carbonyl (C=O) groups is 2. The first-order chi connectivity index (χ1) is 14.3. The number of aromatic nitrogens is 1. The Bertz CT molecular complexity index is 1150. The van der Waals surface area contributed by atoms with Gasteiger partial charge in [0.25, 0.3) is 5.56 Å². The molecular weight excluding hydrogens is 406 g/mol. The molecule has 0 unspecified atom stereocenters. The summed E-state index contributed by atoms with van der Waals surface area (Å²) in [5.74, 6) is -0.744. The van der Waals surface area contributed by atoms with E-state index in [9.17, 15) is 19.5 Å². The summed E-state index contributed by atoms with van der Waals surface area (Å²) in [5.41, 5.74) is 0.825. The fourth-order valence-corrected chi connectivity index (χ4v) is 3.71. The average Bonchev–Trinajstić information content (AvgIpc) is 3.12. The van der Waals surface area contributed by atoms with Crippen LogP contribution in [-0.4, -0.2) is 21.7 Å². The topological polar surface area (TPSA) is 110 Å². The molecule has 3 aromatic rings. The van der Waals surface area contributed by atoms with Crippen LogP contribution in [0.2, 0.25) is 0 Å². The second kappa shape index (κ2) is 8.83. The highest BCUT2D eigenvalue weighted by Crippen LogP contribution is 2.41. The smallest absolute Gasteiger partial charge is 0.324 e. The van der Waals surface area contributed by atoms with E-state index in [1.54, 1.807) is 19.9 Å². The molecule has 0 saturated carbocycles. The molecule has 0 fully saturated rings. The third-order valence-corrected chi connectivity index (χ3v) is 5.33. The number of urea groups is 1. The van der Waals surface area contributed by atoms with Gasteiger partial charge >= 0.3 is 12.0 Å². The second-order valence-corrected chi connectivity index (χ2v) is 7.55. The van der Waals surface area contributed by atoms with Crippen LogP contribution in [0.4, 0.5) is 16.2 Å². The molecule has 0 atom stereocenters. The van der Waals surface area contributed by atoms with Crippen LogP contribution in [0.5, 0.6) is 10.8 Å².